The maximum atomic E-state index is 11.7. The van der Waals surface area contributed by atoms with Gasteiger partial charge in [0.05, 0.1) is 0 Å². The molecule has 0 radical (unpaired) electrons. The van der Waals surface area contributed by atoms with Gasteiger partial charge in [0, 0.05) is 10.8 Å². The zero-order valence-corrected chi connectivity index (χ0v) is 12.7. The first-order chi connectivity index (χ1) is 8.04. The largest absolute Gasteiger partial charge is 0.350 e. The van der Waals surface area contributed by atoms with E-state index in [0.29, 0.717) is 0 Å². The second kappa shape index (κ2) is 6.92. The number of rotatable bonds is 7. The molecule has 0 spiro atoms. The van der Waals surface area contributed by atoms with Gasteiger partial charge in [-0.25, -0.2) is 0 Å². The van der Waals surface area contributed by atoms with Gasteiger partial charge in [-0.2, -0.15) is 0 Å². The number of hydrogen-bond acceptors (Lipinski definition) is 2. The molecule has 0 aliphatic rings. The summed E-state index contributed by atoms with van der Waals surface area (Å²) >= 11 is 11.6. The Morgan fingerprint density at radius 1 is 1.39 bits per heavy atom. The van der Waals surface area contributed by atoms with Crippen molar-refractivity contribution in [2.45, 2.75) is 42.7 Å². The van der Waals surface area contributed by atoms with E-state index in [0.717, 1.165) is 6.08 Å². The number of nitrogens with one attached hydrogen (secondary N) is 1. The predicted octanol–water partition coefficient (Wildman–Crippen LogP) is 2.20. The summed E-state index contributed by atoms with van der Waals surface area (Å²) in [6.07, 6.45) is 0.771. The van der Waals surface area contributed by atoms with Gasteiger partial charge in [-0.1, -0.05) is 6.58 Å². The second-order valence-corrected chi connectivity index (χ2v) is 7.67. The van der Waals surface area contributed by atoms with Crippen molar-refractivity contribution in [1.82, 2.24) is 5.32 Å². The van der Waals surface area contributed by atoms with Crippen molar-refractivity contribution >= 4 is 36.7 Å². The lowest BCUT2D eigenvalue weighted by atomic mass is 10.1. The molecule has 0 aromatic rings. The number of alkyl halides is 2. The highest BCUT2D eigenvalue weighted by Gasteiger charge is 2.49. The van der Waals surface area contributed by atoms with Crippen LogP contribution >= 0.6 is 30.8 Å². The van der Waals surface area contributed by atoms with Crippen LogP contribution in [-0.4, -0.2) is 31.7 Å². The van der Waals surface area contributed by atoms with E-state index in [9.17, 15) is 19.1 Å². The van der Waals surface area contributed by atoms with Gasteiger partial charge in [0.1, 0.15) is 5.28 Å². The van der Waals surface area contributed by atoms with Crippen molar-refractivity contribution in [1.29, 1.82) is 0 Å². The molecule has 0 aromatic heterocycles. The van der Waals surface area contributed by atoms with Crippen molar-refractivity contribution in [3.63, 3.8) is 0 Å². The minimum Gasteiger partial charge on any atom is -0.336 e. The highest BCUT2D eigenvalue weighted by atomic mass is 35.5. The minimum absolute atomic E-state index is 0.0878. The third-order valence-electron chi connectivity index (χ3n) is 2.34. The minimum atomic E-state index is -4.63. The topological polar surface area (TPSA) is 86.6 Å². The van der Waals surface area contributed by atoms with Gasteiger partial charge in [-0.05, 0) is 32.8 Å². The first-order valence-corrected chi connectivity index (χ1v) is 7.81. The molecule has 106 valence electrons. The molecule has 5 nitrogen and oxygen atoms in total. The molecule has 0 aromatic carbocycles. The molecule has 0 aliphatic heterocycles. The molecule has 0 fully saturated rings. The van der Waals surface area contributed by atoms with Crippen LogP contribution in [0.4, 0.5) is 0 Å². The van der Waals surface area contributed by atoms with E-state index in [1.807, 2.05) is 0 Å². The van der Waals surface area contributed by atoms with Gasteiger partial charge in [0.15, 0.2) is 0 Å². The highest BCUT2D eigenvalue weighted by molar-refractivity contribution is 7.53. The molecule has 0 saturated carbocycles. The van der Waals surface area contributed by atoms with Gasteiger partial charge in [-0.15, -0.1) is 23.2 Å². The van der Waals surface area contributed by atoms with Crippen molar-refractivity contribution in [2.75, 3.05) is 0 Å². The normalized spacial score (nSPS) is 18.6. The van der Waals surface area contributed by atoms with Gasteiger partial charge in [-0.3, -0.25) is 9.36 Å². The van der Waals surface area contributed by atoms with Gasteiger partial charge < -0.3 is 15.1 Å². The van der Waals surface area contributed by atoms with Crippen molar-refractivity contribution in [2.24, 2.45) is 0 Å². The molecular formula is C10H18Cl2NO4P. The maximum Gasteiger partial charge on any atom is 0.350 e. The molecular weight excluding hydrogens is 300 g/mol. The molecule has 8 heteroatoms. The Hall–Kier alpha value is -0.0600. The number of halogens is 2. The number of amides is 1. The summed E-state index contributed by atoms with van der Waals surface area (Å²) in [7, 11) is -4.63. The summed E-state index contributed by atoms with van der Waals surface area (Å²) in [5.74, 6) is -0.673. The van der Waals surface area contributed by atoms with Crippen LogP contribution in [0.15, 0.2) is 12.7 Å². The van der Waals surface area contributed by atoms with E-state index in [2.05, 4.69) is 11.9 Å². The van der Waals surface area contributed by atoms with Crippen LogP contribution in [0.1, 0.15) is 26.7 Å². The fourth-order valence-corrected chi connectivity index (χ4v) is 3.73. The van der Waals surface area contributed by atoms with Crippen LogP contribution in [-0.2, 0) is 9.36 Å². The van der Waals surface area contributed by atoms with Gasteiger partial charge in [0.25, 0.3) is 0 Å². The highest BCUT2D eigenvalue weighted by Crippen LogP contribution is 2.54. The summed E-state index contributed by atoms with van der Waals surface area (Å²) in [6, 6.07) is 0. The SMILES string of the molecule is C=CC(=O)NC(CC(C)Cl)(CC(C)Cl)P(=O)(O)O. The molecule has 0 rings (SSSR count). The molecule has 18 heavy (non-hydrogen) atoms. The van der Waals surface area contributed by atoms with Crippen LogP contribution in [0.25, 0.3) is 0 Å². The second-order valence-electron chi connectivity index (χ2n) is 4.24. The summed E-state index contributed by atoms with van der Waals surface area (Å²) in [5.41, 5.74) is 0. The Kier molecular flexibility index (Phi) is 6.90. The third kappa shape index (κ3) is 5.29. The summed E-state index contributed by atoms with van der Waals surface area (Å²) in [5, 5.41) is -0.528. The van der Waals surface area contributed by atoms with Crippen molar-refractivity contribution < 1.29 is 19.1 Å². The van der Waals surface area contributed by atoms with E-state index >= 15 is 0 Å². The van der Waals surface area contributed by atoms with E-state index in [1.54, 1.807) is 13.8 Å². The Bertz CT molecular complexity index is 344. The number of carbonyl (C=O) groups excluding carboxylic acids is 1. The quantitative estimate of drug-likeness (QED) is 0.381. The van der Waals surface area contributed by atoms with E-state index in [1.165, 1.54) is 0 Å². The van der Waals surface area contributed by atoms with Crippen LogP contribution in [0.2, 0.25) is 0 Å². The summed E-state index contributed by atoms with van der Waals surface area (Å²) in [4.78, 5) is 30.4. The zero-order valence-electron chi connectivity index (χ0n) is 10.3. The van der Waals surface area contributed by atoms with Crippen molar-refractivity contribution in [3.8, 4) is 0 Å². The molecule has 3 N–H and O–H groups in total. The van der Waals surface area contributed by atoms with Crippen LogP contribution in [0, 0.1) is 0 Å². The first-order valence-electron chi connectivity index (χ1n) is 5.32. The lowest BCUT2D eigenvalue weighted by Crippen LogP contribution is -2.50. The first kappa shape index (κ1) is 17.9. The van der Waals surface area contributed by atoms with E-state index in [4.69, 9.17) is 23.2 Å². The Morgan fingerprint density at radius 2 is 1.78 bits per heavy atom. The monoisotopic (exact) mass is 317 g/mol. The lowest BCUT2D eigenvalue weighted by Gasteiger charge is -2.36. The third-order valence-corrected chi connectivity index (χ3v) is 4.24. The molecule has 0 bridgehead atoms. The van der Waals surface area contributed by atoms with E-state index < -0.39 is 29.5 Å². The van der Waals surface area contributed by atoms with Gasteiger partial charge >= 0.3 is 7.60 Å². The Balaban J connectivity index is 5.46. The average Bonchev–Trinajstić information content (AvgIpc) is 2.13. The predicted molar refractivity (Wildman–Crippen MR) is 73.0 cm³/mol. The molecule has 0 heterocycles. The maximum absolute atomic E-state index is 11.7. The standard InChI is InChI=1S/C10H18Cl2NO4P/c1-4-9(14)13-10(5-7(2)11,6-8(3)12)18(15,16)17/h4,7-8H,1,5-6H2,2-3H3,(H,13,14)(H2,15,16,17). The summed E-state index contributed by atoms with van der Waals surface area (Å²) < 4.78 is 11.7. The number of hydrogen-bond donors (Lipinski definition) is 3. The Morgan fingerprint density at radius 3 is 2.00 bits per heavy atom. The van der Waals surface area contributed by atoms with Gasteiger partial charge in [0.2, 0.25) is 5.91 Å². The lowest BCUT2D eigenvalue weighted by molar-refractivity contribution is -0.117. The van der Waals surface area contributed by atoms with Crippen LogP contribution < -0.4 is 5.32 Å². The van der Waals surface area contributed by atoms with Crippen LogP contribution in [0.3, 0.4) is 0 Å². The fourth-order valence-electron chi connectivity index (χ4n) is 1.71. The van der Waals surface area contributed by atoms with Crippen molar-refractivity contribution in [3.05, 3.63) is 12.7 Å². The average molecular weight is 318 g/mol. The zero-order chi connectivity index (χ0) is 14.6. The summed E-state index contributed by atoms with van der Waals surface area (Å²) in [6.45, 7) is 6.43. The molecule has 0 saturated heterocycles. The fraction of sp³-hybridized carbons (Fsp3) is 0.700. The number of carbonyl (C=O) groups is 1. The molecule has 1 amide bonds. The van der Waals surface area contributed by atoms with E-state index in [-0.39, 0.29) is 12.8 Å². The Labute approximate surface area is 117 Å². The molecule has 0 aliphatic carbocycles. The molecule has 2 atom stereocenters. The smallest absolute Gasteiger partial charge is 0.336 e. The van der Waals surface area contributed by atoms with Crippen LogP contribution in [0.5, 0.6) is 0 Å². The molecule has 2 unspecified atom stereocenters.